The van der Waals surface area contributed by atoms with Crippen molar-refractivity contribution >= 4 is 17.3 Å². The van der Waals surface area contributed by atoms with Gasteiger partial charge in [0, 0.05) is 22.8 Å². The predicted octanol–water partition coefficient (Wildman–Crippen LogP) is 2.44. The Morgan fingerprint density at radius 3 is 2.94 bits per heavy atom. The van der Waals surface area contributed by atoms with Gasteiger partial charge in [-0.2, -0.15) is 0 Å². The summed E-state index contributed by atoms with van der Waals surface area (Å²) >= 11 is 1.83. The number of likely N-dealkylation sites (tertiary alicyclic amines) is 1. The Kier molecular flexibility index (Phi) is 3.54. The molecule has 2 heterocycles. The zero-order valence-corrected chi connectivity index (χ0v) is 11.5. The van der Waals surface area contributed by atoms with Crippen LogP contribution in [-0.2, 0) is 16.1 Å². The molecule has 3 nitrogen and oxygen atoms in total. The molecule has 0 unspecified atom stereocenters. The Labute approximate surface area is 106 Å². The van der Waals surface area contributed by atoms with Crippen molar-refractivity contribution in [2.75, 3.05) is 20.2 Å². The maximum atomic E-state index is 11.7. The molecule has 94 valence electrons. The van der Waals surface area contributed by atoms with Crippen LogP contribution in [0.25, 0.3) is 0 Å². The zero-order chi connectivity index (χ0) is 12.5. The highest BCUT2D eigenvalue weighted by Crippen LogP contribution is 2.32. The van der Waals surface area contributed by atoms with Crippen LogP contribution in [0.15, 0.2) is 12.1 Å². The Bertz CT molecular complexity index is 415. The van der Waals surface area contributed by atoms with Crippen molar-refractivity contribution in [1.82, 2.24) is 4.90 Å². The number of nitrogens with zero attached hydrogens (tertiary/aromatic N) is 1. The second kappa shape index (κ2) is 4.78. The number of ether oxygens (including phenoxy) is 1. The molecule has 1 aromatic heterocycles. The van der Waals surface area contributed by atoms with E-state index in [1.54, 1.807) is 0 Å². The number of aryl methyl sites for hydroxylation is 1. The monoisotopic (exact) mass is 253 g/mol. The number of thiophene rings is 1. The molecule has 0 spiro atoms. The van der Waals surface area contributed by atoms with Gasteiger partial charge in [0.05, 0.1) is 12.5 Å². The minimum Gasteiger partial charge on any atom is -0.469 e. The molecule has 0 bridgehead atoms. The molecule has 1 fully saturated rings. The van der Waals surface area contributed by atoms with Crippen LogP contribution in [0, 0.1) is 12.3 Å². The number of carbonyl (C=O) groups is 1. The van der Waals surface area contributed by atoms with E-state index in [2.05, 4.69) is 24.0 Å². The van der Waals surface area contributed by atoms with Gasteiger partial charge in [0.2, 0.25) is 0 Å². The fourth-order valence-corrected chi connectivity index (χ4v) is 3.33. The second-order valence-corrected chi connectivity index (χ2v) is 6.40. The van der Waals surface area contributed by atoms with Crippen LogP contribution in [0.4, 0.5) is 0 Å². The van der Waals surface area contributed by atoms with E-state index in [4.69, 9.17) is 4.74 Å². The maximum Gasteiger partial charge on any atom is 0.312 e. The Morgan fingerprint density at radius 2 is 2.35 bits per heavy atom. The third-order valence-electron chi connectivity index (χ3n) is 3.41. The average Bonchev–Trinajstić information content (AvgIpc) is 2.86. The topological polar surface area (TPSA) is 29.5 Å². The summed E-state index contributed by atoms with van der Waals surface area (Å²) in [4.78, 5) is 16.7. The number of methoxy groups -OCH3 is 1. The number of hydrogen-bond donors (Lipinski definition) is 0. The largest absolute Gasteiger partial charge is 0.469 e. The molecule has 0 amide bonds. The molecule has 0 saturated carbocycles. The van der Waals surface area contributed by atoms with Gasteiger partial charge in [-0.15, -0.1) is 11.3 Å². The summed E-state index contributed by atoms with van der Waals surface area (Å²) in [6, 6.07) is 4.32. The van der Waals surface area contributed by atoms with Gasteiger partial charge in [0.1, 0.15) is 0 Å². The van der Waals surface area contributed by atoms with Crippen molar-refractivity contribution in [3.63, 3.8) is 0 Å². The number of rotatable bonds is 3. The SMILES string of the molecule is COC(=O)[C@@]1(C)CCN(Cc2ccc(C)s2)C1. The molecule has 17 heavy (non-hydrogen) atoms. The lowest BCUT2D eigenvalue weighted by atomic mass is 9.90. The summed E-state index contributed by atoms with van der Waals surface area (Å²) < 4.78 is 4.88. The van der Waals surface area contributed by atoms with E-state index in [-0.39, 0.29) is 11.4 Å². The van der Waals surface area contributed by atoms with Gasteiger partial charge in [-0.1, -0.05) is 0 Å². The quantitative estimate of drug-likeness (QED) is 0.775. The van der Waals surface area contributed by atoms with Crippen molar-refractivity contribution in [1.29, 1.82) is 0 Å². The van der Waals surface area contributed by atoms with E-state index >= 15 is 0 Å². The van der Waals surface area contributed by atoms with Crippen LogP contribution in [0.5, 0.6) is 0 Å². The Hall–Kier alpha value is -0.870. The predicted molar refractivity (Wildman–Crippen MR) is 69.1 cm³/mol. The summed E-state index contributed by atoms with van der Waals surface area (Å²) in [5.41, 5.74) is -0.318. The summed E-state index contributed by atoms with van der Waals surface area (Å²) in [5, 5.41) is 0. The lowest BCUT2D eigenvalue weighted by Crippen LogP contribution is -2.32. The van der Waals surface area contributed by atoms with Crippen LogP contribution in [-0.4, -0.2) is 31.1 Å². The molecule has 1 saturated heterocycles. The first kappa shape index (κ1) is 12.6. The fraction of sp³-hybridized carbons (Fsp3) is 0.615. The van der Waals surface area contributed by atoms with E-state index in [0.717, 1.165) is 26.1 Å². The molecular formula is C13H19NO2S. The summed E-state index contributed by atoms with van der Waals surface area (Å²) in [6.45, 7) is 6.85. The zero-order valence-electron chi connectivity index (χ0n) is 10.7. The van der Waals surface area contributed by atoms with Crippen molar-refractivity contribution in [2.45, 2.75) is 26.8 Å². The molecule has 1 atom stereocenters. The first-order chi connectivity index (χ1) is 8.03. The molecule has 0 radical (unpaired) electrons. The highest BCUT2D eigenvalue weighted by molar-refractivity contribution is 7.11. The minimum absolute atomic E-state index is 0.0811. The highest BCUT2D eigenvalue weighted by Gasteiger charge is 2.41. The van der Waals surface area contributed by atoms with E-state index in [1.807, 2.05) is 18.3 Å². The van der Waals surface area contributed by atoms with Crippen molar-refractivity contribution in [2.24, 2.45) is 5.41 Å². The van der Waals surface area contributed by atoms with Crippen LogP contribution >= 0.6 is 11.3 Å². The minimum atomic E-state index is -0.318. The van der Waals surface area contributed by atoms with Gasteiger partial charge in [-0.3, -0.25) is 9.69 Å². The lowest BCUT2D eigenvalue weighted by Gasteiger charge is -2.21. The van der Waals surface area contributed by atoms with Crippen LogP contribution in [0.2, 0.25) is 0 Å². The lowest BCUT2D eigenvalue weighted by molar-refractivity contribution is -0.151. The van der Waals surface area contributed by atoms with E-state index in [1.165, 1.54) is 16.9 Å². The van der Waals surface area contributed by atoms with Gasteiger partial charge in [0.25, 0.3) is 0 Å². The van der Waals surface area contributed by atoms with Gasteiger partial charge in [0.15, 0.2) is 0 Å². The van der Waals surface area contributed by atoms with E-state index < -0.39 is 0 Å². The average molecular weight is 253 g/mol. The summed E-state index contributed by atoms with van der Waals surface area (Å²) in [7, 11) is 1.47. The van der Waals surface area contributed by atoms with Crippen molar-refractivity contribution in [3.8, 4) is 0 Å². The molecular weight excluding hydrogens is 234 g/mol. The molecule has 1 aliphatic heterocycles. The highest BCUT2D eigenvalue weighted by atomic mass is 32.1. The third-order valence-corrected chi connectivity index (χ3v) is 4.39. The van der Waals surface area contributed by atoms with Crippen LogP contribution < -0.4 is 0 Å². The second-order valence-electron chi connectivity index (χ2n) is 5.03. The maximum absolute atomic E-state index is 11.7. The van der Waals surface area contributed by atoms with Gasteiger partial charge in [-0.05, 0) is 38.9 Å². The van der Waals surface area contributed by atoms with Crippen LogP contribution in [0.3, 0.4) is 0 Å². The molecule has 1 aliphatic rings. The Morgan fingerprint density at radius 1 is 1.59 bits per heavy atom. The van der Waals surface area contributed by atoms with Crippen LogP contribution in [0.1, 0.15) is 23.1 Å². The molecule has 4 heteroatoms. The van der Waals surface area contributed by atoms with Gasteiger partial charge >= 0.3 is 5.97 Å². The third kappa shape index (κ3) is 2.69. The first-order valence-corrected chi connectivity index (χ1v) is 6.71. The van der Waals surface area contributed by atoms with E-state index in [9.17, 15) is 4.79 Å². The molecule has 0 N–H and O–H groups in total. The number of esters is 1. The molecule has 0 aromatic carbocycles. The smallest absolute Gasteiger partial charge is 0.312 e. The Balaban J connectivity index is 1.96. The molecule has 0 aliphatic carbocycles. The van der Waals surface area contributed by atoms with E-state index in [0.29, 0.717) is 0 Å². The molecule has 1 aromatic rings. The number of hydrogen-bond acceptors (Lipinski definition) is 4. The first-order valence-electron chi connectivity index (χ1n) is 5.89. The normalized spacial score (nSPS) is 25.1. The van der Waals surface area contributed by atoms with Crippen molar-refractivity contribution < 1.29 is 9.53 Å². The summed E-state index contributed by atoms with van der Waals surface area (Å²) in [5.74, 6) is -0.0811. The standard InChI is InChI=1S/C13H19NO2S/c1-10-4-5-11(17-10)8-14-7-6-13(2,9-14)12(15)16-3/h4-5H,6-9H2,1-3H3/t13-/m0/s1. The van der Waals surface area contributed by atoms with Gasteiger partial charge < -0.3 is 4.74 Å². The van der Waals surface area contributed by atoms with Crippen molar-refractivity contribution in [3.05, 3.63) is 21.9 Å². The van der Waals surface area contributed by atoms with Gasteiger partial charge in [-0.25, -0.2) is 0 Å². The molecule has 2 rings (SSSR count). The fourth-order valence-electron chi connectivity index (χ4n) is 2.39. The number of carbonyl (C=O) groups excluding carboxylic acids is 1. The summed E-state index contributed by atoms with van der Waals surface area (Å²) in [6.07, 6.45) is 0.893.